The highest BCUT2D eigenvalue weighted by molar-refractivity contribution is 8.19. The molecule has 2 amide bonds. The zero-order chi connectivity index (χ0) is 16.6. The number of rotatable bonds is 2. The highest BCUT2D eigenvalue weighted by Gasteiger charge is 2.37. The predicted octanol–water partition coefficient (Wildman–Crippen LogP) is 4.68. The maximum atomic E-state index is 12.9. The van der Waals surface area contributed by atoms with Crippen molar-refractivity contribution in [3.8, 4) is 0 Å². The van der Waals surface area contributed by atoms with Crippen molar-refractivity contribution in [2.75, 3.05) is 4.90 Å². The van der Waals surface area contributed by atoms with Crippen LogP contribution in [0.3, 0.4) is 0 Å². The summed E-state index contributed by atoms with van der Waals surface area (Å²) in [7, 11) is 0. The molecular weight excluding hydrogens is 313 g/mol. The van der Waals surface area contributed by atoms with Crippen LogP contribution in [-0.2, 0) is 4.79 Å². The third-order valence-corrected chi connectivity index (χ3v) is 4.65. The number of benzene rings is 2. The van der Waals surface area contributed by atoms with Gasteiger partial charge in [-0.05, 0) is 66.6 Å². The summed E-state index contributed by atoms with van der Waals surface area (Å²) in [4.78, 5) is 26.4. The summed E-state index contributed by atoms with van der Waals surface area (Å²) in [6.45, 7) is 3.82. The van der Waals surface area contributed by atoms with Gasteiger partial charge in [-0.1, -0.05) is 24.3 Å². The van der Waals surface area contributed by atoms with E-state index in [1.165, 1.54) is 17.0 Å². The summed E-state index contributed by atoms with van der Waals surface area (Å²) in [6.07, 6.45) is 1.61. The third kappa shape index (κ3) is 2.92. The lowest BCUT2D eigenvalue weighted by Crippen LogP contribution is -2.28. The van der Waals surface area contributed by atoms with Crippen LogP contribution in [0.2, 0.25) is 0 Å². The van der Waals surface area contributed by atoms with E-state index in [0.29, 0.717) is 16.2 Å². The second kappa shape index (κ2) is 6.01. The van der Waals surface area contributed by atoms with Crippen LogP contribution in [0.4, 0.5) is 14.9 Å². The van der Waals surface area contributed by atoms with E-state index in [-0.39, 0.29) is 17.0 Å². The number of hydrogen-bond acceptors (Lipinski definition) is 3. The first-order valence-corrected chi connectivity index (χ1v) is 7.89. The predicted molar refractivity (Wildman–Crippen MR) is 90.8 cm³/mol. The Morgan fingerprint density at radius 3 is 2.43 bits per heavy atom. The van der Waals surface area contributed by atoms with Crippen LogP contribution < -0.4 is 4.90 Å². The molecule has 0 radical (unpaired) electrons. The number of nitrogens with zero attached hydrogens (tertiary/aromatic N) is 1. The standard InChI is InChI=1S/C18H14FNO2S/c1-11-4-3-5-15(12(11)2)20-17(21)16(23-18(20)22)10-13-6-8-14(19)9-7-13/h3-10H,1-2H3/b16-10-. The molecule has 2 aromatic rings. The molecule has 0 N–H and O–H groups in total. The number of aryl methyl sites for hydroxylation is 1. The number of carbonyl (C=O) groups excluding carboxylic acids is 2. The highest BCUT2D eigenvalue weighted by Crippen LogP contribution is 2.37. The van der Waals surface area contributed by atoms with Crippen LogP contribution >= 0.6 is 11.8 Å². The van der Waals surface area contributed by atoms with Gasteiger partial charge in [0.15, 0.2) is 0 Å². The van der Waals surface area contributed by atoms with Crippen molar-refractivity contribution in [3.63, 3.8) is 0 Å². The fraction of sp³-hybridized carbons (Fsp3) is 0.111. The minimum Gasteiger partial charge on any atom is -0.268 e. The molecule has 0 bridgehead atoms. The van der Waals surface area contributed by atoms with Gasteiger partial charge in [-0.25, -0.2) is 9.29 Å². The molecule has 0 spiro atoms. The number of amides is 2. The average Bonchev–Trinajstić information content (AvgIpc) is 2.79. The Hall–Kier alpha value is -2.40. The normalized spacial score (nSPS) is 16.5. The Balaban J connectivity index is 1.97. The third-order valence-electron chi connectivity index (χ3n) is 3.78. The van der Waals surface area contributed by atoms with Crippen LogP contribution in [0.1, 0.15) is 16.7 Å². The van der Waals surface area contributed by atoms with E-state index in [0.717, 1.165) is 22.9 Å². The molecule has 0 aliphatic carbocycles. The molecule has 1 fully saturated rings. The summed E-state index contributed by atoms with van der Waals surface area (Å²) in [5.41, 5.74) is 3.20. The monoisotopic (exact) mass is 327 g/mol. The van der Waals surface area contributed by atoms with Crippen molar-refractivity contribution in [2.45, 2.75) is 13.8 Å². The first-order valence-electron chi connectivity index (χ1n) is 7.07. The molecule has 3 rings (SSSR count). The number of carbonyl (C=O) groups is 2. The fourth-order valence-corrected chi connectivity index (χ4v) is 3.20. The van der Waals surface area contributed by atoms with Gasteiger partial charge in [-0.3, -0.25) is 9.59 Å². The van der Waals surface area contributed by atoms with Crippen molar-refractivity contribution >= 4 is 34.7 Å². The van der Waals surface area contributed by atoms with Gasteiger partial charge in [0.25, 0.3) is 11.1 Å². The van der Waals surface area contributed by atoms with Crippen LogP contribution in [0.15, 0.2) is 47.4 Å². The number of hydrogen-bond donors (Lipinski definition) is 0. The van der Waals surface area contributed by atoms with E-state index in [1.807, 2.05) is 26.0 Å². The van der Waals surface area contributed by atoms with Crippen LogP contribution in [0.5, 0.6) is 0 Å². The van der Waals surface area contributed by atoms with Gasteiger partial charge in [0.2, 0.25) is 0 Å². The molecule has 3 nitrogen and oxygen atoms in total. The van der Waals surface area contributed by atoms with Crippen LogP contribution in [-0.4, -0.2) is 11.1 Å². The van der Waals surface area contributed by atoms with Crippen molar-refractivity contribution < 1.29 is 14.0 Å². The molecule has 1 heterocycles. The summed E-state index contributed by atoms with van der Waals surface area (Å²) >= 11 is 0.895. The van der Waals surface area contributed by atoms with Gasteiger partial charge in [-0.2, -0.15) is 0 Å². The van der Waals surface area contributed by atoms with Crippen molar-refractivity contribution in [1.82, 2.24) is 0 Å². The summed E-state index contributed by atoms with van der Waals surface area (Å²) in [5, 5.41) is -0.322. The fourth-order valence-electron chi connectivity index (χ4n) is 2.36. The average molecular weight is 327 g/mol. The second-order valence-electron chi connectivity index (χ2n) is 5.29. The van der Waals surface area contributed by atoms with E-state index in [1.54, 1.807) is 24.3 Å². The lowest BCUT2D eigenvalue weighted by molar-refractivity contribution is -0.113. The molecular formula is C18H14FNO2S. The SMILES string of the molecule is Cc1cccc(N2C(=O)S/C(=C\c3ccc(F)cc3)C2=O)c1C. The maximum Gasteiger partial charge on any atom is 0.298 e. The molecule has 1 aliphatic rings. The summed E-state index contributed by atoms with van der Waals surface area (Å²) in [6, 6.07) is 11.3. The van der Waals surface area contributed by atoms with Gasteiger partial charge in [0.05, 0.1) is 10.6 Å². The quantitative estimate of drug-likeness (QED) is 0.751. The van der Waals surface area contributed by atoms with Gasteiger partial charge >= 0.3 is 0 Å². The van der Waals surface area contributed by atoms with E-state index in [2.05, 4.69) is 0 Å². The highest BCUT2D eigenvalue weighted by atomic mass is 32.2. The van der Waals surface area contributed by atoms with Gasteiger partial charge in [0, 0.05) is 0 Å². The summed E-state index contributed by atoms with van der Waals surface area (Å²) < 4.78 is 12.9. The second-order valence-corrected chi connectivity index (χ2v) is 6.28. The molecule has 1 saturated heterocycles. The molecule has 23 heavy (non-hydrogen) atoms. The van der Waals surface area contributed by atoms with E-state index >= 15 is 0 Å². The van der Waals surface area contributed by atoms with Crippen molar-refractivity contribution in [3.05, 3.63) is 69.9 Å². The Morgan fingerprint density at radius 2 is 1.74 bits per heavy atom. The van der Waals surface area contributed by atoms with E-state index < -0.39 is 0 Å². The Kier molecular flexibility index (Phi) is 4.05. The molecule has 0 aromatic heterocycles. The van der Waals surface area contributed by atoms with Gasteiger partial charge < -0.3 is 0 Å². The first kappa shape index (κ1) is 15.5. The molecule has 5 heteroatoms. The molecule has 1 aliphatic heterocycles. The lowest BCUT2D eigenvalue weighted by atomic mass is 10.1. The zero-order valence-corrected chi connectivity index (χ0v) is 13.5. The molecule has 0 unspecified atom stereocenters. The first-order chi connectivity index (χ1) is 11.0. The smallest absolute Gasteiger partial charge is 0.268 e. The number of thioether (sulfide) groups is 1. The van der Waals surface area contributed by atoms with Crippen molar-refractivity contribution in [2.24, 2.45) is 0 Å². The Labute approximate surface area is 137 Å². The number of imide groups is 1. The van der Waals surface area contributed by atoms with Crippen LogP contribution in [0.25, 0.3) is 6.08 Å². The van der Waals surface area contributed by atoms with Crippen molar-refractivity contribution in [1.29, 1.82) is 0 Å². The lowest BCUT2D eigenvalue weighted by Gasteiger charge is -2.16. The minimum absolute atomic E-state index is 0.322. The van der Waals surface area contributed by atoms with Gasteiger partial charge in [0.1, 0.15) is 5.82 Å². The molecule has 0 atom stereocenters. The zero-order valence-electron chi connectivity index (χ0n) is 12.7. The summed E-state index contributed by atoms with van der Waals surface area (Å²) in [5.74, 6) is -0.691. The molecule has 116 valence electrons. The number of halogens is 1. The molecule has 0 saturated carbocycles. The molecule has 2 aromatic carbocycles. The van der Waals surface area contributed by atoms with E-state index in [9.17, 15) is 14.0 Å². The minimum atomic E-state index is -0.349. The van der Waals surface area contributed by atoms with E-state index in [4.69, 9.17) is 0 Å². The Bertz CT molecular complexity index is 827. The van der Waals surface area contributed by atoms with Gasteiger partial charge in [-0.15, -0.1) is 0 Å². The maximum absolute atomic E-state index is 12.9. The van der Waals surface area contributed by atoms with Crippen LogP contribution in [0, 0.1) is 19.7 Å². The Morgan fingerprint density at radius 1 is 1.04 bits per heavy atom. The largest absolute Gasteiger partial charge is 0.298 e. The topological polar surface area (TPSA) is 37.4 Å². The number of anilines is 1.